The van der Waals surface area contributed by atoms with Crippen molar-refractivity contribution in [3.63, 3.8) is 0 Å². The van der Waals surface area contributed by atoms with Gasteiger partial charge in [-0.1, -0.05) is 17.7 Å². The van der Waals surface area contributed by atoms with Crippen LogP contribution in [0.2, 0.25) is 5.02 Å². The number of halogens is 4. The molecule has 0 fully saturated rings. The summed E-state index contributed by atoms with van der Waals surface area (Å²) < 4.78 is 42.8. The van der Waals surface area contributed by atoms with E-state index in [0.29, 0.717) is 16.3 Å². The van der Waals surface area contributed by atoms with E-state index in [1.807, 2.05) is 0 Å². The molecular weight excluding hydrogens is 385 g/mol. The molecule has 144 valence electrons. The molecule has 0 aliphatic carbocycles. The van der Waals surface area contributed by atoms with Gasteiger partial charge in [0, 0.05) is 12.0 Å². The van der Waals surface area contributed by atoms with Crippen LogP contribution >= 0.6 is 11.6 Å². The van der Waals surface area contributed by atoms with Crippen LogP contribution in [0.4, 0.5) is 13.2 Å². The molecule has 0 heterocycles. The van der Waals surface area contributed by atoms with Crippen LogP contribution in [0.5, 0.6) is 5.75 Å². The van der Waals surface area contributed by atoms with Gasteiger partial charge >= 0.3 is 6.18 Å². The fourth-order valence-corrected chi connectivity index (χ4v) is 2.63. The van der Waals surface area contributed by atoms with Crippen LogP contribution in [-0.2, 0) is 17.4 Å². The molecule has 0 bridgehead atoms. The summed E-state index contributed by atoms with van der Waals surface area (Å²) in [5.41, 5.74) is 5.05. The zero-order valence-corrected chi connectivity index (χ0v) is 14.9. The van der Waals surface area contributed by atoms with Crippen LogP contribution < -0.4 is 15.8 Å². The Hall–Kier alpha value is -2.74. The molecule has 2 aromatic carbocycles. The van der Waals surface area contributed by atoms with Gasteiger partial charge in [-0.15, -0.1) is 0 Å². The third-order valence-corrected chi connectivity index (χ3v) is 4.07. The number of carbonyl (C=O) groups excluding carboxylic acids is 2. The maximum atomic E-state index is 12.6. The lowest BCUT2D eigenvalue weighted by atomic mass is 10.0. The van der Waals surface area contributed by atoms with Gasteiger partial charge in [-0.2, -0.15) is 13.2 Å². The first kappa shape index (κ1) is 20.6. The molecule has 0 saturated heterocycles. The maximum Gasteiger partial charge on any atom is 0.416 e. The fraction of sp³-hybridized carbons (Fsp3) is 0.222. The summed E-state index contributed by atoms with van der Waals surface area (Å²) in [6, 6.07) is 7.40. The molecule has 0 aliphatic heterocycles. The number of nitrogens with two attached hydrogens (primary N) is 1. The van der Waals surface area contributed by atoms with Crippen molar-refractivity contribution in [3.8, 4) is 5.75 Å². The van der Waals surface area contributed by atoms with E-state index in [1.54, 1.807) is 18.2 Å². The molecule has 0 aromatic heterocycles. The van der Waals surface area contributed by atoms with Crippen LogP contribution in [0.1, 0.15) is 21.5 Å². The largest absolute Gasteiger partial charge is 0.495 e. The van der Waals surface area contributed by atoms with E-state index in [9.17, 15) is 22.8 Å². The van der Waals surface area contributed by atoms with E-state index in [2.05, 4.69) is 5.32 Å². The highest BCUT2D eigenvalue weighted by Crippen LogP contribution is 2.29. The van der Waals surface area contributed by atoms with Crippen LogP contribution in [0.3, 0.4) is 0 Å². The standard InChI is InChI=1S/C18H16ClF3N2O3/c1-27-15-7-2-10(8-13(15)19)9-14(16(23)25)24-17(26)11-3-5-12(6-4-11)18(20,21)22/h2-8,14H,9H2,1H3,(H2,23,25)(H,24,26)/t14-/m1/s1. The third kappa shape index (κ3) is 5.37. The van der Waals surface area contributed by atoms with Gasteiger partial charge < -0.3 is 15.8 Å². The van der Waals surface area contributed by atoms with E-state index in [4.69, 9.17) is 22.1 Å². The van der Waals surface area contributed by atoms with Gasteiger partial charge in [0.2, 0.25) is 5.91 Å². The summed E-state index contributed by atoms with van der Waals surface area (Å²) in [6.45, 7) is 0. The first-order valence-electron chi connectivity index (χ1n) is 7.71. The Kier molecular flexibility index (Phi) is 6.32. The zero-order chi connectivity index (χ0) is 20.2. The SMILES string of the molecule is COc1ccc(C[C@@H](NC(=O)c2ccc(C(F)(F)F)cc2)C(N)=O)cc1Cl. The Morgan fingerprint density at radius 3 is 2.30 bits per heavy atom. The Morgan fingerprint density at radius 2 is 1.81 bits per heavy atom. The molecule has 0 aliphatic rings. The van der Waals surface area contributed by atoms with Crippen molar-refractivity contribution >= 4 is 23.4 Å². The van der Waals surface area contributed by atoms with Crippen molar-refractivity contribution in [1.82, 2.24) is 5.32 Å². The van der Waals surface area contributed by atoms with Crippen LogP contribution in [0.25, 0.3) is 0 Å². The molecule has 0 saturated carbocycles. The average molecular weight is 401 g/mol. The van der Waals surface area contributed by atoms with Crippen LogP contribution in [-0.4, -0.2) is 25.0 Å². The number of amides is 2. The van der Waals surface area contributed by atoms with Crippen molar-refractivity contribution in [1.29, 1.82) is 0 Å². The lowest BCUT2D eigenvalue weighted by molar-refractivity contribution is -0.137. The molecule has 27 heavy (non-hydrogen) atoms. The number of hydrogen-bond donors (Lipinski definition) is 2. The van der Waals surface area contributed by atoms with Crippen molar-refractivity contribution in [2.24, 2.45) is 5.73 Å². The Balaban J connectivity index is 2.12. The highest BCUT2D eigenvalue weighted by atomic mass is 35.5. The van der Waals surface area contributed by atoms with Crippen LogP contribution in [0.15, 0.2) is 42.5 Å². The van der Waals surface area contributed by atoms with Gasteiger partial charge in [-0.3, -0.25) is 9.59 Å². The van der Waals surface area contributed by atoms with Gasteiger partial charge in [0.05, 0.1) is 17.7 Å². The number of methoxy groups -OCH3 is 1. The average Bonchev–Trinajstić information content (AvgIpc) is 2.60. The van der Waals surface area contributed by atoms with Crippen molar-refractivity contribution in [2.45, 2.75) is 18.6 Å². The monoisotopic (exact) mass is 400 g/mol. The number of benzene rings is 2. The van der Waals surface area contributed by atoms with E-state index in [-0.39, 0.29) is 12.0 Å². The molecule has 9 heteroatoms. The first-order chi connectivity index (χ1) is 12.6. The smallest absolute Gasteiger partial charge is 0.416 e. The van der Waals surface area contributed by atoms with E-state index >= 15 is 0 Å². The van der Waals surface area contributed by atoms with Crippen molar-refractivity contribution in [3.05, 3.63) is 64.2 Å². The third-order valence-electron chi connectivity index (χ3n) is 3.78. The summed E-state index contributed by atoms with van der Waals surface area (Å²) in [7, 11) is 1.46. The molecule has 0 unspecified atom stereocenters. The Bertz CT molecular complexity index is 839. The summed E-state index contributed by atoms with van der Waals surface area (Å²) in [5, 5.41) is 2.74. The summed E-state index contributed by atoms with van der Waals surface area (Å²) in [6.07, 6.45) is -4.44. The molecule has 1 atom stereocenters. The Morgan fingerprint density at radius 1 is 1.19 bits per heavy atom. The van der Waals surface area contributed by atoms with E-state index < -0.39 is 29.6 Å². The van der Waals surface area contributed by atoms with Gasteiger partial charge in [-0.25, -0.2) is 0 Å². The second-order valence-corrected chi connectivity index (χ2v) is 6.08. The number of ether oxygens (including phenoxy) is 1. The Labute approximate surface area is 158 Å². The van der Waals surface area contributed by atoms with Gasteiger partial charge in [0.1, 0.15) is 11.8 Å². The molecule has 5 nitrogen and oxygen atoms in total. The highest BCUT2D eigenvalue weighted by Gasteiger charge is 2.30. The molecule has 0 radical (unpaired) electrons. The van der Waals surface area contributed by atoms with E-state index in [1.165, 1.54) is 7.11 Å². The number of primary amides is 1. The number of alkyl halides is 3. The summed E-state index contributed by atoms with van der Waals surface area (Å²) in [5.74, 6) is -1.06. The highest BCUT2D eigenvalue weighted by molar-refractivity contribution is 6.32. The van der Waals surface area contributed by atoms with E-state index in [0.717, 1.165) is 24.3 Å². The minimum Gasteiger partial charge on any atom is -0.495 e. The van der Waals surface area contributed by atoms with Gasteiger partial charge in [0.25, 0.3) is 5.91 Å². The maximum absolute atomic E-state index is 12.6. The van der Waals surface area contributed by atoms with Crippen LogP contribution in [0, 0.1) is 0 Å². The van der Waals surface area contributed by atoms with Gasteiger partial charge in [-0.05, 0) is 42.0 Å². The second kappa shape index (κ2) is 8.30. The second-order valence-electron chi connectivity index (χ2n) is 5.68. The molecule has 2 aromatic rings. The quantitative estimate of drug-likeness (QED) is 0.781. The fourth-order valence-electron chi connectivity index (χ4n) is 2.35. The minimum absolute atomic E-state index is 0.0259. The molecule has 3 N–H and O–H groups in total. The molecule has 0 spiro atoms. The number of hydrogen-bond acceptors (Lipinski definition) is 3. The topological polar surface area (TPSA) is 81.4 Å². The normalized spacial score (nSPS) is 12.3. The zero-order valence-electron chi connectivity index (χ0n) is 14.1. The number of rotatable bonds is 6. The molecule has 2 amide bonds. The van der Waals surface area contributed by atoms with Crippen molar-refractivity contribution < 1.29 is 27.5 Å². The number of nitrogens with one attached hydrogen (secondary N) is 1. The lowest BCUT2D eigenvalue weighted by Gasteiger charge is -2.16. The minimum atomic E-state index is -4.50. The first-order valence-corrected chi connectivity index (χ1v) is 8.09. The van der Waals surface area contributed by atoms with Crippen molar-refractivity contribution in [2.75, 3.05) is 7.11 Å². The molecule has 2 rings (SSSR count). The predicted octanol–water partition coefficient (Wildman–Crippen LogP) is 3.19. The predicted molar refractivity (Wildman–Crippen MR) is 93.6 cm³/mol. The molecular formula is C18H16ClF3N2O3. The summed E-state index contributed by atoms with van der Waals surface area (Å²) in [4.78, 5) is 23.9. The number of carbonyl (C=O) groups is 2. The van der Waals surface area contributed by atoms with Gasteiger partial charge in [0.15, 0.2) is 0 Å². The lowest BCUT2D eigenvalue weighted by Crippen LogP contribution is -2.45. The summed E-state index contributed by atoms with van der Waals surface area (Å²) >= 11 is 6.03.